The fraction of sp³-hybridized carbons (Fsp3) is 0.900. The topological polar surface area (TPSA) is 92.5 Å². The summed E-state index contributed by atoms with van der Waals surface area (Å²) in [6, 6.07) is -0.756. The Balaban J connectivity index is 4.65. The van der Waals surface area contributed by atoms with Crippen LogP contribution in [0.25, 0.3) is 0 Å². The van der Waals surface area contributed by atoms with Crippen molar-refractivity contribution in [3.05, 3.63) is 0 Å². The number of carbonyl (C=O) groups excluding carboxylic acids is 1. The number of likely N-dealkylation sites (N-methyl/N-ethyl adjacent to an activating group) is 1. The summed E-state index contributed by atoms with van der Waals surface area (Å²) in [7, 11) is -3.53. The molecule has 0 saturated carbocycles. The maximum absolute atomic E-state index is 11.9. The molecule has 0 aliphatic carbocycles. The zero-order valence-electron chi connectivity index (χ0n) is 10.9. The Bertz CT molecular complexity index is 339. The highest BCUT2D eigenvalue weighted by molar-refractivity contribution is 7.90. The average Bonchev–Trinajstić information content (AvgIpc) is 2.28. The van der Waals surface area contributed by atoms with Crippen LogP contribution in [0.2, 0.25) is 0 Å². The normalized spacial score (nSPS) is 15.4. The maximum Gasteiger partial charge on any atom is 0.240 e. The van der Waals surface area contributed by atoms with Crippen molar-refractivity contribution in [2.45, 2.75) is 39.0 Å². The van der Waals surface area contributed by atoms with E-state index >= 15 is 0 Å². The lowest BCUT2D eigenvalue weighted by Gasteiger charge is -2.24. The molecule has 2 unspecified atom stereocenters. The van der Waals surface area contributed by atoms with Gasteiger partial charge in [0.15, 0.2) is 0 Å². The first-order valence-corrected chi connectivity index (χ1v) is 7.34. The lowest BCUT2D eigenvalue weighted by molar-refractivity contribution is -0.132. The Morgan fingerprint density at radius 2 is 1.76 bits per heavy atom. The van der Waals surface area contributed by atoms with Gasteiger partial charge < -0.3 is 10.6 Å². The van der Waals surface area contributed by atoms with Gasteiger partial charge in [-0.3, -0.25) is 4.79 Å². The first-order chi connectivity index (χ1) is 7.80. The van der Waals surface area contributed by atoms with Gasteiger partial charge in [-0.25, -0.2) is 13.1 Å². The summed E-state index contributed by atoms with van der Waals surface area (Å²) in [6.07, 6.45) is 0. The van der Waals surface area contributed by atoms with Crippen molar-refractivity contribution in [1.29, 1.82) is 0 Å². The smallest absolute Gasteiger partial charge is 0.240 e. The van der Waals surface area contributed by atoms with Gasteiger partial charge >= 0.3 is 0 Å². The Morgan fingerprint density at radius 3 is 2.12 bits per heavy atom. The molecule has 0 fully saturated rings. The van der Waals surface area contributed by atoms with E-state index in [0.29, 0.717) is 13.1 Å². The molecule has 0 aliphatic rings. The molecule has 3 N–H and O–H groups in total. The van der Waals surface area contributed by atoms with E-state index in [-0.39, 0.29) is 12.5 Å². The van der Waals surface area contributed by atoms with Crippen LogP contribution < -0.4 is 10.5 Å². The maximum atomic E-state index is 11.9. The number of nitrogens with zero attached hydrogens (tertiary/aromatic N) is 1. The summed E-state index contributed by atoms with van der Waals surface area (Å²) in [6.45, 7) is 7.91. The van der Waals surface area contributed by atoms with Crippen molar-refractivity contribution >= 4 is 15.9 Å². The molecule has 0 rings (SSSR count). The first-order valence-electron chi connectivity index (χ1n) is 5.80. The molecular weight excluding hydrogens is 242 g/mol. The van der Waals surface area contributed by atoms with Crippen molar-refractivity contribution in [2.75, 3.05) is 19.6 Å². The Labute approximate surface area is 104 Å². The van der Waals surface area contributed by atoms with Gasteiger partial charge in [-0.1, -0.05) is 0 Å². The van der Waals surface area contributed by atoms with E-state index in [0.717, 1.165) is 0 Å². The number of nitrogens with two attached hydrogens (primary N) is 1. The minimum atomic E-state index is -3.53. The Kier molecular flexibility index (Phi) is 6.66. The summed E-state index contributed by atoms with van der Waals surface area (Å²) in [5.74, 6) is -0.220. The molecule has 0 aromatic carbocycles. The van der Waals surface area contributed by atoms with E-state index in [4.69, 9.17) is 5.73 Å². The van der Waals surface area contributed by atoms with Crippen molar-refractivity contribution < 1.29 is 13.2 Å². The second-order valence-corrected chi connectivity index (χ2v) is 6.07. The van der Waals surface area contributed by atoms with Crippen molar-refractivity contribution in [2.24, 2.45) is 5.73 Å². The van der Waals surface area contributed by atoms with Crippen LogP contribution in [0.1, 0.15) is 27.7 Å². The van der Waals surface area contributed by atoms with Crippen LogP contribution in [-0.4, -0.2) is 50.2 Å². The number of rotatable bonds is 7. The summed E-state index contributed by atoms with van der Waals surface area (Å²) >= 11 is 0. The molecule has 7 heteroatoms. The molecule has 2 atom stereocenters. The van der Waals surface area contributed by atoms with Crippen LogP contribution in [0.5, 0.6) is 0 Å². The van der Waals surface area contributed by atoms with Gasteiger partial charge in [0.25, 0.3) is 0 Å². The highest BCUT2D eigenvalue weighted by Gasteiger charge is 2.26. The SMILES string of the molecule is CCN(CC)C(=O)C(C)NS(=O)(=O)C(C)CN. The molecule has 0 aromatic rings. The molecule has 0 aromatic heterocycles. The quantitative estimate of drug-likeness (QED) is 0.649. The number of hydrogen-bond acceptors (Lipinski definition) is 4. The predicted molar refractivity (Wildman–Crippen MR) is 68.0 cm³/mol. The highest BCUT2D eigenvalue weighted by atomic mass is 32.2. The number of hydrogen-bond donors (Lipinski definition) is 2. The molecule has 102 valence electrons. The molecule has 0 radical (unpaired) electrons. The third-order valence-corrected chi connectivity index (χ3v) is 4.58. The van der Waals surface area contributed by atoms with Gasteiger partial charge in [0, 0.05) is 19.6 Å². The van der Waals surface area contributed by atoms with Gasteiger partial charge in [0.05, 0.1) is 11.3 Å². The van der Waals surface area contributed by atoms with Crippen LogP contribution in [0.3, 0.4) is 0 Å². The molecular formula is C10H23N3O3S. The molecule has 0 bridgehead atoms. The van der Waals surface area contributed by atoms with E-state index in [2.05, 4.69) is 4.72 Å². The van der Waals surface area contributed by atoms with Crippen LogP contribution in [0.15, 0.2) is 0 Å². The predicted octanol–water partition coefficient (Wildman–Crippen LogP) is -0.490. The van der Waals surface area contributed by atoms with Gasteiger partial charge in [-0.05, 0) is 27.7 Å². The van der Waals surface area contributed by atoms with Gasteiger partial charge in [0.2, 0.25) is 15.9 Å². The Morgan fingerprint density at radius 1 is 1.29 bits per heavy atom. The zero-order chi connectivity index (χ0) is 13.6. The van der Waals surface area contributed by atoms with Crippen LogP contribution in [-0.2, 0) is 14.8 Å². The van der Waals surface area contributed by atoms with E-state index in [9.17, 15) is 13.2 Å². The zero-order valence-corrected chi connectivity index (χ0v) is 11.8. The molecule has 0 heterocycles. The Hall–Kier alpha value is -0.660. The molecule has 1 amide bonds. The second-order valence-electron chi connectivity index (χ2n) is 3.94. The summed E-state index contributed by atoms with van der Waals surface area (Å²) < 4.78 is 25.8. The summed E-state index contributed by atoms with van der Waals surface area (Å²) in [5.41, 5.74) is 5.31. The minimum absolute atomic E-state index is 0.0293. The van der Waals surface area contributed by atoms with Crippen LogP contribution in [0, 0.1) is 0 Å². The van der Waals surface area contributed by atoms with E-state index in [1.54, 1.807) is 11.8 Å². The lowest BCUT2D eigenvalue weighted by atomic mass is 10.3. The van der Waals surface area contributed by atoms with Gasteiger partial charge in [0.1, 0.15) is 0 Å². The summed E-state index contributed by atoms with van der Waals surface area (Å²) in [4.78, 5) is 13.4. The minimum Gasteiger partial charge on any atom is -0.342 e. The van der Waals surface area contributed by atoms with E-state index in [1.165, 1.54) is 6.92 Å². The first kappa shape index (κ1) is 16.3. The third-order valence-electron chi connectivity index (χ3n) is 2.65. The summed E-state index contributed by atoms with van der Waals surface area (Å²) in [5, 5.41) is -0.700. The number of carbonyl (C=O) groups is 1. The molecule has 0 spiro atoms. The van der Waals surface area contributed by atoms with E-state index in [1.807, 2.05) is 13.8 Å². The fourth-order valence-corrected chi connectivity index (χ4v) is 2.43. The van der Waals surface area contributed by atoms with Crippen molar-refractivity contribution in [3.63, 3.8) is 0 Å². The largest absolute Gasteiger partial charge is 0.342 e. The highest BCUT2D eigenvalue weighted by Crippen LogP contribution is 2.01. The molecule has 6 nitrogen and oxygen atoms in total. The van der Waals surface area contributed by atoms with Crippen LogP contribution in [0.4, 0.5) is 0 Å². The second kappa shape index (κ2) is 6.93. The van der Waals surface area contributed by atoms with Crippen LogP contribution >= 0.6 is 0 Å². The number of nitrogens with one attached hydrogen (secondary N) is 1. The van der Waals surface area contributed by atoms with Crippen molar-refractivity contribution in [3.8, 4) is 0 Å². The fourth-order valence-electron chi connectivity index (χ4n) is 1.35. The van der Waals surface area contributed by atoms with Gasteiger partial charge in [-0.2, -0.15) is 0 Å². The molecule has 17 heavy (non-hydrogen) atoms. The number of amides is 1. The number of sulfonamides is 1. The van der Waals surface area contributed by atoms with Gasteiger partial charge in [-0.15, -0.1) is 0 Å². The van der Waals surface area contributed by atoms with E-state index < -0.39 is 21.3 Å². The molecule has 0 aliphatic heterocycles. The van der Waals surface area contributed by atoms with Crippen molar-refractivity contribution in [1.82, 2.24) is 9.62 Å². The monoisotopic (exact) mass is 265 g/mol. The lowest BCUT2D eigenvalue weighted by Crippen LogP contribution is -2.49. The third kappa shape index (κ3) is 4.61. The average molecular weight is 265 g/mol. The molecule has 0 saturated heterocycles. The standard InChI is InChI=1S/C10H23N3O3S/c1-5-13(6-2)10(14)9(4)12-17(15,16)8(3)7-11/h8-9,12H,5-7,11H2,1-4H3.